The van der Waals surface area contributed by atoms with Gasteiger partial charge in [-0.2, -0.15) is 0 Å². The van der Waals surface area contributed by atoms with Gasteiger partial charge in [-0.1, -0.05) is 6.07 Å². The Labute approximate surface area is 188 Å². The van der Waals surface area contributed by atoms with E-state index in [4.69, 9.17) is 17.0 Å². The molecule has 0 saturated carbocycles. The van der Waals surface area contributed by atoms with E-state index in [2.05, 4.69) is 56.8 Å². The quantitative estimate of drug-likeness (QED) is 0.613. The molecule has 0 aromatic carbocycles. The summed E-state index contributed by atoms with van der Waals surface area (Å²) < 4.78 is 8.23. The number of ether oxygens (including phenoxy) is 1. The highest BCUT2D eigenvalue weighted by molar-refractivity contribution is 7.80. The molecular formula is C24H27N5OS. The first-order valence-electron chi connectivity index (χ1n) is 10.8. The molecule has 7 heteroatoms. The number of thiocarbonyl (C=S) groups is 1. The topological polar surface area (TPSA) is 55.2 Å². The Kier molecular flexibility index (Phi) is 5.46. The molecule has 160 valence electrons. The van der Waals surface area contributed by atoms with Gasteiger partial charge in [-0.15, -0.1) is 0 Å². The Morgan fingerprint density at radius 1 is 1.19 bits per heavy atom. The molecule has 2 aliphatic heterocycles. The van der Waals surface area contributed by atoms with Crippen molar-refractivity contribution in [1.29, 1.82) is 0 Å². The smallest absolute Gasteiger partial charge is 0.170 e. The third-order valence-corrected chi connectivity index (χ3v) is 6.67. The van der Waals surface area contributed by atoms with Gasteiger partial charge in [-0.05, 0) is 74.8 Å². The standard InChI is InChI=1S/C24H27N5OS/c1-16-13-20(17(2)29(16)18-7-5-10-25-14-18)23-22(21-9-3-4-11-26-21)27-24(31)28(23)15-19-8-6-12-30-19/h3-5,7,9-11,13-14,19,22-23H,6,8,12,15H2,1-2H3,(H,27,31)/t19-,22-,23+/m0/s1. The van der Waals surface area contributed by atoms with Crippen LogP contribution in [0.15, 0.2) is 55.0 Å². The van der Waals surface area contributed by atoms with Gasteiger partial charge in [-0.25, -0.2) is 0 Å². The average Bonchev–Trinajstić information content (AvgIpc) is 3.49. The van der Waals surface area contributed by atoms with Crippen LogP contribution in [0, 0.1) is 13.8 Å². The van der Waals surface area contributed by atoms with Crippen molar-refractivity contribution in [2.45, 2.75) is 44.9 Å². The van der Waals surface area contributed by atoms with Crippen LogP contribution < -0.4 is 5.32 Å². The van der Waals surface area contributed by atoms with Crippen molar-refractivity contribution < 1.29 is 4.74 Å². The number of aromatic nitrogens is 3. The number of aryl methyl sites for hydroxylation is 1. The van der Waals surface area contributed by atoms with Crippen molar-refractivity contribution in [3.8, 4) is 5.69 Å². The summed E-state index contributed by atoms with van der Waals surface area (Å²) in [4.78, 5) is 11.3. The van der Waals surface area contributed by atoms with Crippen LogP contribution in [0.2, 0.25) is 0 Å². The summed E-state index contributed by atoms with van der Waals surface area (Å²) in [6.45, 7) is 5.94. The monoisotopic (exact) mass is 433 g/mol. The molecule has 0 unspecified atom stereocenters. The first-order chi connectivity index (χ1) is 15.1. The van der Waals surface area contributed by atoms with Gasteiger partial charge in [0, 0.05) is 36.9 Å². The van der Waals surface area contributed by atoms with E-state index in [0.717, 1.165) is 42.5 Å². The average molecular weight is 434 g/mol. The van der Waals surface area contributed by atoms with E-state index < -0.39 is 0 Å². The lowest BCUT2D eigenvalue weighted by Crippen LogP contribution is -2.36. The van der Waals surface area contributed by atoms with Gasteiger partial charge in [-0.3, -0.25) is 9.97 Å². The van der Waals surface area contributed by atoms with Gasteiger partial charge >= 0.3 is 0 Å². The summed E-state index contributed by atoms with van der Waals surface area (Å²) in [5.74, 6) is 0. The van der Waals surface area contributed by atoms with E-state index in [-0.39, 0.29) is 18.2 Å². The largest absolute Gasteiger partial charge is 0.376 e. The molecule has 0 radical (unpaired) electrons. The highest BCUT2D eigenvalue weighted by Gasteiger charge is 2.42. The van der Waals surface area contributed by atoms with Crippen LogP contribution in [0.5, 0.6) is 0 Å². The van der Waals surface area contributed by atoms with Crippen molar-refractivity contribution in [2.24, 2.45) is 0 Å². The molecule has 5 heterocycles. The number of pyridine rings is 2. The second-order valence-corrected chi connectivity index (χ2v) is 8.67. The Balaban J connectivity index is 1.59. The lowest BCUT2D eigenvalue weighted by Gasteiger charge is -2.30. The lowest BCUT2D eigenvalue weighted by molar-refractivity contribution is 0.0842. The zero-order chi connectivity index (χ0) is 21.4. The van der Waals surface area contributed by atoms with Crippen LogP contribution in [0.3, 0.4) is 0 Å². The second kappa shape index (κ2) is 8.40. The van der Waals surface area contributed by atoms with Gasteiger partial charge in [0.15, 0.2) is 5.11 Å². The van der Waals surface area contributed by atoms with Gasteiger partial charge in [0.2, 0.25) is 0 Å². The van der Waals surface area contributed by atoms with Crippen molar-refractivity contribution in [3.63, 3.8) is 0 Å². The number of nitrogens with zero attached hydrogens (tertiary/aromatic N) is 4. The summed E-state index contributed by atoms with van der Waals surface area (Å²) in [6.07, 6.45) is 7.96. The van der Waals surface area contributed by atoms with Gasteiger partial charge in [0.1, 0.15) is 0 Å². The third-order valence-electron chi connectivity index (χ3n) is 6.32. The van der Waals surface area contributed by atoms with E-state index in [1.807, 2.05) is 30.6 Å². The summed E-state index contributed by atoms with van der Waals surface area (Å²) >= 11 is 5.82. The fourth-order valence-corrected chi connectivity index (χ4v) is 5.23. The molecule has 5 rings (SSSR count). The summed E-state index contributed by atoms with van der Waals surface area (Å²) in [5, 5.41) is 4.32. The SMILES string of the molecule is Cc1cc([C@@H]2[C@H](c3ccccn3)NC(=S)N2C[C@@H]2CCCO2)c(C)n1-c1cccnc1. The summed E-state index contributed by atoms with van der Waals surface area (Å²) in [6, 6.07) is 12.4. The fourth-order valence-electron chi connectivity index (χ4n) is 4.92. The molecule has 31 heavy (non-hydrogen) atoms. The molecule has 2 aliphatic rings. The van der Waals surface area contributed by atoms with Gasteiger partial charge in [0.25, 0.3) is 0 Å². The summed E-state index contributed by atoms with van der Waals surface area (Å²) in [5.41, 5.74) is 5.69. The van der Waals surface area contributed by atoms with E-state index in [0.29, 0.717) is 0 Å². The van der Waals surface area contributed by atoms with Gasteiger partial charge < -0.3 is 19.5 Å². The van der Waals surface area contributed by atoms with Crippen molar-refractivity contribution >= 4 is 17.3 Å². The first-order valence-corrected chi connectivity index (χ1v) is 11.2. The van der Waals surface area contributed by atoms with Crippen LogP contribution >= 0.6 is 12.2 Å². The predicted molar refractivity (Wildman–Crippen MR) is 124 cm³/mol. The van der Waals surface area contributed by atoms with Crippen LogP contribution in [0.25, 0.3) is 5.69 Å². The number of hydrogen-bond donors (Lipinski definition) is 1. The highest BCUT2D eigenvalue weighted by atomic mass is 32.1. The zero-order valence-electron chi connectivity index (χ0n) is 17.9. The second-order valence-electron chi connectivity index (χ2n) is 8.29. The van der Waals surface area contributed by atoms with Crippen LogP contribution in [-0.4, -0.2) is 43.8 Å². The molecule has 0 amide bonds. The molecule has 0 bridgehead atoms. The first kappa shape index (κ1) is 20.2. The Hall–Kier alpha value is -2.77. The van der Waals surface area contributed by atoms with E-state index in [9.17, 15) is 0 Å². The van der Waals surface area contributed by atoms with E-state index in [1.54, 1.807) is 6.20 Å². The summed E-state index contributed by atoms with van der Waals surface area (Å²) in [7, 11) is 0. The van der Waals surface area contributed by atoms with E-state index in [1.165, 1.54) is 17.0 Å². The highest BCUT2D eigenvalue weighted by Crippen LogP contribution is 2.41. The Morgan fingerprint density at radius 3 is 2.81 bits per heavy atom. The third kappa shape index (κ3) is 3.72. The van der Waals surface area contributed by atoms with Crippen LogP contribution in [-0.2, 0) is 4.74 Å². The van der Waals surface area contributed by atoms with Crippen molar-refractivity contribution in [2.75, 3.05) is 13.2 Å². The lowest BCUT2D eigenvalue weighted by atomic mass is 9.96. The maximum Gasteiger partial charge on any atom is 0.170 e. The van der Waals surface area contributed by atoms with Gasteiger partial charge in [0.05, 0.1) is 35.8 Å². The normalized spacial score (nSPS) is 23.4. The van der Waals surface area contributed by atoms with E-state index >= 15 is 0 Å². The Bertz CT molecular complexity index is 1060. The molecule has 6 nitrogen and oxygen atoms in total. The molecule has 1 N–H and O–H groups in total. The minimum Gasteiger partial charge on any atom is -0.376 e. The molecule has 0 aliphatic carbocycles. The molecule has 3 atom stereocenters. The maximum atomic E-state index is 5.96. The molecule has 3 aromatic rings. The van der Waals surface area contributed by atoms with Crippen molar-refractivity contribution in [3.05, 3.63) is 77.6 Å². The predicted octanol–water partition coefficient (Wildman–Crippen LogP) is 4.04. The van der Waals surface area contributed by atoms with Crippen LogP contribution in [0.1, 0.15) is 47.6 Å². The molecule has 2 saturated heterocycles. The minimum absolute atomic E-state index is 0.0158. The fraction of sp³-hybridized carbons (Fsp3) is 0.375. The van der Waals surface area contributed by atoms with Crippen molar-refractivity contribution in [1.82, 2.24) is 24.8 Å². The molecule has 0 spiro atoms. The molecule has 3 aromatic heterocycles. The van der Waals surface area contributed by atoms with Crippen LogP contribution in [0.4, 0.5) is 0 Å². The molecule has 2 fully saturated rings. The zero-order valence-corrected chi connectivity index (χ0v) is 18.7. The number of nitrogens with one attached hydrogen (secondary N) is 1. The maximum absolute atomic E-state index is 5.96. The number of hydrogen-bond acceptors (Lipinski definition) is 4. The molecular weight excluding hydrogens is 406 g/mol. The number of rotatable bonds is 5. The minimum atomic E-state index is -0.0158. The Morgan fingerprint density at radius 2 is 2.10 bits per heavy atom.